The summed E-state index contributed by atoms with van der Waals surface area (Å²) in [5.41, 5.74) is 2.17. The molecule has 0 heterocycles. The predicted octanol–water partition coefficient (Wildman–Crippen LogP) is 3.22. The van der Waals surface area contributed by atoms with E-state index < -0.39 is 0 Å². The first-order valence-electron chi connectivity index (χ1n) is 5.27. The van der Waals surface area contributed by atoms with Gasteiger partial charge < -0.3 is 10.4 Å². The minimum Gasteiger partial charge on any atom is -0.396 e. The average Bonchev–Trinajstić information content (AvgIpc) is 2.20. The van der Waals surface area contributed by atoms with Crippen molar-refractivity contribution in [3.05, 3.63) is 28.8 Å². The lowest BCUT2D eigenvalue weighted by molar-refractivity contribution is 0.282. The van der Waals surface area contributed by atoms with E-state index in [-0.39, 0.29) is 6.61 Å². The van der Waals surface area contributed by atoms with E-state index >= 15 is 0 Å². The SMILES string of the molecule is Cc1ccc(Cl)c(NC(C)CCCO)c1. The zero-order chi connectivity index (χ0) is 11.3. The highest BCUT2D eigenvalue weighted by atomic mass is 35.5. The summed E-state index contributed by atoms with van der Waals surface area (Å²) in [7, 11) is 0. The molecule has 2 nitrogen and oxygen atoms in total. The maximum absolute atomic E-state index is 8.73. The van der Waals surface area contributed by atoms with Crippen molar-refractivity contribution in [3.63, 3.8) is 0 Å². The number of halogens is 1. The van der Waals surface area contributed by atoms with Crippen molar-refractivity contribution in [2.24, 2.45) is 0 Å². The van der Waals surface area contributed by atoms with Crippen molar-refractivity contribution in [2.75, 3.05) is 11.9 Å². The highest BCUT2D eigenvalue weighted by Crippen LogP contribution is 2.23. The van der Waals surface area contributed by atoms with Gasteiger partial charge in [0.2, 0.25) is 0 Å². The van der Waals surface area contributed by atoms with E-state index in [4.69, 9.17) is 16.7 Å². The molecule has 0 aliphatic rings. The molecule has 0 bridgehead atoms. The minimum atomic E-state index is 0.244. The van der Waals surface area contributed by atoms with Crippen molar-refractivity contribution in [1.82, 2.24) is 0 Å². The van der Waals surface area contributed by atoms with Crippen LogP contribution in [0.3, 0.4) is 0 Å². The molecule has 1 aromatic carbocycles. The van der Waals surface area contributed by atoms with Gasteiger partial charge in [-0.05, 0) is 44.4 Å². The molecule has 0 spiro atoms. The van der Waals surface area contributed by atoms with E-state index in [0.29, 0.717) is 6.04 Å². The Balaban J connectivity index is 2.59. The topological polar surface area (TPSA) is 32.3 Å². The van der Waals surface area contributed by atoms with E-state index in [9.17, 15) is 0 Å². The molecule has 0 saturated carbocycles. The van der Waals surface area contributed by atoms with E-state index in [1.54, 1.807) is 0 Å². The molecule has 2 N–H and O–H groups in total. The fourth-order valence-corrected chi connectivity index (χ4v) is 1.66. The third kappa shape index (κ3) is 4.10. The zero-order valence-corrected chi connectivity index (χ0v) is 10.0. The molecule has 0 aliphatic heterocycles. The summed E-state index contributed by atoms with van der Waals surface area (Å²) >= 11 is 6.06. The Morgan fingerprint density at radius 1 is 1.47 bits per heavy atom. The summed E-state index contributed by atoms with van der Waals surface area (Å²) < 4.78 is 0. The molecule has 84 valence electrons. The number of hydrogen-bond donors (Lipinski definition) is 2. The molecule has 1 aromatic rings. The summed E-state index contributed by atoms with van der Waals surface area (Å²) in [4.78, 5) is 0. The molecular weight excluding hydrogens is 210 g/mol. The van der Waals surface area contributed by atoms with Gasteiger partial charge in [0.05, 0.1) is 10.7 Å². The number of benzene rings is 1. The van der Waals surface area contributed by atoms with Crippen LogP contribution >= 0.6 is 11.6 Å². The van der Waals surface area contributed by atoms with Crippen LogP contribution in [0.4, 0.5) is 5.69 Å². The van der Waals surface area contributed by atoms with Crippen LogP contribution in [0.5, 0.6) is 0 Å². The highest BCUT2D eigenvalue weighted by Gasteiger charge is 2.04. The molecule has 0 aromatic heterocycles. The molecule has 0 aliphatic carbocycles. The van der Waals surface area contributed by atoms with Gasteiger partial charge in [0.15, 0.2) is 0 Å². The maximum atomic E-state index is 8.73. The Hall–Kier alpha value is -0.730. The van der Waals surface area contributed by atoms with E-state index in [2.05, 4.69) is 12.2 Å². The van der Waals surface area contributed by atoms with E-state index in [1.165, 1.54) is 5.56 Å². The number of hydrogen-bond acceptors (Lipinski definition) is 2. The molecule has 0 radical (unpaired) electrons. The van der Waals surface area contributed by atoms with Gasteiger partial charge in [0.1, 0.15) is 0 Å². The first-order valence-corrected chi connectivity index (χ1v) is 5.65. The van der Waals surface area contributed by atoms with E-state index in [0.717, 1.165) is 23.6 Å². The second-order valence-corrected chi connectivity index (χ2v) is 4.30. The third-order valence-corrected chi connectivity index (χ3v) is 2.65. The molecule has 0 saturated heterocycles. The van der Waals surface area contributed by atoms with Gasteiger partial charge in [-0.2, -0.15) is 0 Å². The number of aliphatic hydroxyl groups is 1. The van der Waals surface area contributed by atoms with Gasteiger partial charge in [-0.1, -0.05) is 17.7 Å². The Labute approximate surface area is 96.3 Å². The lowest BCUT2D eigenvalue weighted by atomic mass is 10.1. The van der Waals surface area contributed by atoms with Gasteiger partial charge >= 0.3 is 0 Å². The molecule has 1 unspecified atom stereocenters. The van der Waals surface area contributed by atoms with Crippen molar-refractivity contribution in [1.29, 1.82) is 0 Å². The third-order valence-electron chi connectivity index (χ3n) is 2.32. The normalized spacial score (nSPS) is 12.5. The van der Waals surface area contributed by atoms with E-state index in [1.807, 2.05) is 25.1 Å². The summed E-state index contributed by atoms with van der Waals surface area (Å²) in [6, 6.07) is 6.26. The van der Waals surface area contributed by atoms with Crippen molar-refractivity contribution in [3.8, 4) is 0 Å². The van der Waals surface area contributed by atoms with Crippen LogP contribution in [0.1, 0.15) is 25.3 Å². The first kappa shape index (κ1) is 12.3. The largest absolute Gasteiger partial charge is 0.396 e. The van der Waals surface area contributed by atoms with Crippen LogP contribution in [0, 0.1) is 6.92 Å². The summed E-state index contributed by atoms with van der Waals surface area (Å²) in [5, 5.41) is 12.8. The van der Waals surface area contributed by atoms with Crippen molar-refractivity contribution >= 4 is 17.3 Å². The van der Waals surface area contributed by atoms with Crippen LogP contribution < -0.4 is 5.32 Å². The second kappa shape index (κ2) is 5.99. The van der Waals surface area contributed by atoms with Crippen molar-refractivity contribution < 1.29 is 5.11 Å². The molecule has 1 atom stereocenters. The molecular formula is C12H18ClNO. The number of anilines is 1. The monoisotopic (exact) mass is 227 g/mol. The summed E-state index contributed by atoms with van der Waals surface area (Å²) in [6.45, 7) is 4.38. The predicted molar refractivity (Wildman–Crippen MR) is 65.6 cm³/mol. The van der Waals surface area contributed by atoms with Gasteiger partial charge in [-0.25, -0.2) is 0 Å². The Kier molecular flexibility index (Phi) is 4.92. The number of nitrogens with one attached hydrogen (secondary N) is 1. The summed E-state index contributed by atoms with van der Waals surface area (Å²) in [5.74, 6) is 0. The lowest BCUT2D eigenvalue weighted by Gasteiger charge is -2.16. The molecule has 0 amide bonds. The Morgan fingerprint density at radius 3 is 2.87 bits per heavy atom. The van der Waals surface area contributed by atoms with Crippen LogP contribution in [0.25, 0.3) is 0 Å². The zero-order valence-electron chi connectivity index (χ0n) is 9.26. The molecule has 1 rings (SSSR count). The Morgan fingerprint density at radius 2 is 2.20 bits per heavy atom. The van der Waals surface area contributed by atoms with Crippen LogP contribution in [-0.2, 0) is 0 Å². The molecule has 15 heavy (non-hydrogen) atoms. The highest BCUT2D eigenvalue weighted by molar-refractivity contribution is 6.33. The Bertz CT molecular complexity index is 314. The smallest absolute Gasteiger partial charge is 0.0637 e. The summed E-state index contributed by atoms with van der Waals surface area (Å²) in [6.07, 6.45) is 1.76. The second-order valence-electron chi connectivity index (χ2n) is 3.89. The van der Waals surface area contributed by atoms with Gasteiger partial charge in [-0.3, -0.25) is 0 Å². The van der Waals surface area contributed by atoms with Crippen LogP contribution in [0.2, 0.25) is 5.02 Å². The minimum absolute atomic E-state index is 0.244. The molecule has 0 fully saturated rings. The van der Waals surface area contributed by atoms with Crippen LogP contribution in [0.15, 0.2) is 18.2 Å². The first-order chi connectivity index (χ1) is 7.13. The van der Waals surface area contributed by atoms with Crippen molar-refractivity contribution in [2.45, 2.75) is 32.7 Å². The van der Waals surface area contributed by atoms with Gasteiger partial charge in [-0.15, -0.1) is 0 Å². The fraction of sp³-hybridized carbons (Fsp3) is 0.500. The van der Waals surface area contributed by atoms with Gasteiger partial charge in [0.25, 0.3) is 0 Å². The fourth-order valence-electron chi connectivity index (χ4n) is 1.48. The average molecular weight is 228 g/mol. The number of rotatable bonds is 5. The van der Waals surface area contributed by atoms with Crippen LogP contribution in [-0.4, -0.2) is 17.8 Å². The standard InChI is InChI=1S/C12H18ClNO/c1-9-5-6-11(13)12(8-9)14-10(2)4-3-7-15/h5-6,8,10,14-15H,3-4,7H2,1-2H3. The lowest BCUT2D eigenvalue weighted by Crippen LogP contribution is -2.15. The number of aliphatic hydroxyl groups excluding tert-OH is 1. The molecule has 3 heteroatoms. The number of aryl methyl sites for hydroxylation is 1. The maximum Gasteiger partial charge on any atom is 0.0637 e. The van der Waals surface area contributed by atoms with Gasteiger partial charge in [0, 0.05) is 12.6 Å². The quantitative estimate of drug-likeness (QED) is 0.810.